The number of carbonyl (C=O) groups is 1. The molecule has 1 unspecified atom stereocenters. The van der Waals surface area contributed by atoms with E-state index < -0.39 is 0 Å². The summed E-state index contributed by atoms with van der Waals surface area (Å²) < 4.78 is 11.3. The van der Waals surface area contributed by atoms with Crippen LogP contribution in [0.25, 0.3) is 10.8 Å². The predicted octanol–water partition coefficient (Wildman–Crippen LogP) is 3.76. The lowest BCUT2D eigenvalue weighted by molar-refractivity contribution is 0.0916. The Morgan fingerprint density at radius 2 is 1.92 bits per heavy atom. The van der Waals surface area contributed by atoms with Crippen LogP contribution < -0.4 is 15.8 Å². The highest BCUT2D eigenvalue weighted by Gasteiger charge is 2.12. The van der Waals surface area contributed by atoms with E-state index in [4.69, 9.17) is 14.9 Å². The van der Waals surface area contributed by atoms with Gasteiger partial charge in [0.15, 0.2) is 5.76 Å². The molecule has 26 heavy (non-hydrogen) atoms. The molecule has 6 heteroatoms. The van der Waals surface area contributed by atoms with Gasteiger partial charge in [0.25, 0.3) is 5.91 Å². The summed E-state index contributed by atoms with van der Waals surface area (Å²) >= 11 is 0. The van der Waals surface area contributed by atoms with Crippen LogP contribution in [0.15, 0.2) is 59.0 Å². The van der Waals surface area contributed by atoms with Crippen molar-refractivity contribution < 1.29 is 13.9 Å². The Hall–Kier alpha value is -2.50. The van der Waals surface area contributed by atoms with E-state index >= 15 is 0 Å². The summed E-state index contributed by atoms with van der Waals surface area (Å²) in [4.78, 5) is 12.0. The van der Waals surface area contributed by atoms with Crippen molar-refractivity contribution in [3.63, 3.8) is 0 Å². The van der Waals surface area contributed by atoms with Gasteiger partial charge in [-0.05, 0) is 47.5 Å². The van der Waals surface area contributed by atoms with E-state index in [1.807, 2.05) is 43.3 Å². The molecule has 3 aromatic rings. The molecule has 0 aliphatic carbocycles. The van der Waals surface area contributed by atoms with Crippen molar-refractivity contribution in [3.8, 4) is 5.75 Å². The van der Waals surface area contributed by atoms with E-state index in [1.165, 1.54) is 5.39 Å². The predicted molar refractivity (Wildman–Crippen MR) is 105 cm³/mol. The van der Waals surface area contributed by atoms with Crippen molar-refractivity contribution in [1.29, 1.82) is 0 Å². The van der Waals surface area contributed by atoms with Crippen LogP contribution in [0.3, 0.4) is 0 Å². The summed E-state index contributed by atoms with van der Waals surface area (Å²) in [6.07, 6.45) is 0. The third-order valence-electron chi connectivity index (χ3n) is 4.00. The molecule has 3 N–H and O–H groups in total. The average Bonchev–Trinajstić information content (AvgIpc) is 3.13. The summed E-state index contributed by atoms with van der Waals surface area (Å²) in [5, 5.41) is 5.09. The minimum absolute atomic E-state index is 0. The van der Waals surface area contributed by atoms with Crippen LogP contribution in [0.4, 0.5) is 0 Å². The maximum absolute atomic E-state index is 12.0. The number of nitrogens with one attached hydrogen (secondary N) is 1. The smallest absolute Gasteiger partial charge is 0.287 e. The average molecular weight is 375 g/mol. The number of halogens is 1. The number of benzene rings is 2. The molecule has 0 saturated heterocycles. The third kappa shape index (κ3) is 5.00. The first-order chi connectivity index (χ1) is 12.2. The third-order valence-corrected chi connectivity index (χ3v) is 4.00. The van der Waals surface area contributed by atoms with E-state index in [0.29, 0.717) is 18.8 Å². The number of ether oxygens (including phenoxy) is 1. The second kappa shape index (κ2) is 9.27. The number of amides is 1. The van der Waals surface area contributed by atoms with Gasteiger partial charge in [-0.25, -0.2) is 0 Å². The van der Waals surface area contributed by atoms with E-state index in [-0.39, 0.29) is 36.6 Å². The fraction of sp³-hybridized carbons (Fsp3) is 0.250. The molecule has 0 spiro atoms. The SMILES string of the molecule is CC(CN)CNC(=O)c1ccc(COc2ccc3ccccc3c2)o1.Cl. The van der Waals surface area contributed by atoms with Crippen molar-refractivity contribution in [2.45, 2.75) is 13.5 Å². The number of nitrogens with two attached hydrogens (primary N) is 1. The number of furan rings is 1. The summed E-state index contributed by atoms with van der Waals surface area (Å²) in [6, 6.07) is 17.4. The number of hydrogen-bond donors (Lipinski definition) is 2. The maximum atomic E-state index is 12.0. The Labute approximate surface area is 158 Å². The summed E-state index contributed by atoms with van der Waals surface area (Å²) in [5.41, 5.74) is 5.54. The normalized spacial score (nSPS) is 11.6. The molecule has 0 fully saturated rings. The fourth-order valence-corrected chi connectivity index (χ4v) is 2.43. The zero-order chi connectivity index (χ0) is 17.6. The second-order valence-electron chi connectivity index (χ2n) is 6.11. The molecule has 0 aliphatic heterocycles. The van der Waals surface area contributed by atoms with Crippen LogP contribution in [-0.4, -0.2) is 19.0 Å². The minimum atomic E-state index is -0.239. The van der Waals surface area contributed by atoms with Crippen molar-refractivity contribution in [2.24, 2.45) is 11.7 Å². The molecular formula is C20H23ClN2O3. The van der Waals surface area contributed by atoms with Crippen LogP contribution in [0, 0.1) is 5.92 Å². The van der Waals surface area contributed by atoms with E-state index in [1.54, 1.807) is 12.1 Å². The first-order valence-corrected chi connectivity index (χ1v) is 8.34. The van der Waals surface area contributed by atoms with Crippen LogP contribution in [0.2, 0.25) is 0 Å². The van der Waals surface area contributed by atoms with Gasteiger partial charge in [-0.1, -0.05) is 37.3 Å². The molecule has 0 radical (unpaired) electrons. The first-order valence-electron chi connectivity index (χ1n) is 8.34. The monoisotopic (exact) mass is 374 g/mol. The van der Waals surface area contributed by atoms with Gasteiger partial charge in [0.05, 0.1) is 0 Å². The molecule has 1 amide bonds. The highest BCUT2D eigenvalue weighted by Crippen LogP contribution is 2.21. The van der Waals surface area contributed by atoms with Gasteiger partial charge in [0.2, 0.25) is 0 Å². The first kappa shape index (κ1) is 19.8. The van der Waals surface area contributed by atoms with Crippen LogP contribution in [-0.2, 0) is 6.61 Å². The fourth-order valence-electron chi connectivity index (χ4n) is 2.43. The molecule has 1 atom stereocenters. The van der Waals surface area contributed by atoms with Gasteiger partial charge < -0.3 is 20.2 Å². The lowest BCUT2D eigenvalue weighted by Gasteiger charge is -2.08. The Morgan fingerprint density at radius 1 is 1.15 bits per heavy atom. The van der Waals surface area contributed by atoms with Gasteiger partial charge in [-0.2, -0.15) is 0 Å². The Morgan fingerprint density at radius 3 is 2.69 bits per heavy atom. The maximum Gasteiger partial charge on any atom is 0.287 e. The molecule has 0 saturated carbocycles. The molecule has 2 aromatic carbocycles. The standard InChI is InChI=1S/C20H22N2O3.ClH/c1-14(11-21)12-22-20(23)19-9-8-18(25-19)13-24-17-7-6-15-4-2-3-5-16(15)10-17;/h2-10,14H,11-13,21H2,1H3,(H,22,23);1H. The summed E-state index contributed by atoms with van der Waals surface area (Å²) in [5.74, 6) is 1.64. The topological polar surface area (TPSA) is 77.5 Å². The Balaban J connectivity index is 0.00000243. The van der Waals surface area contributed by atoms with Crippen LogP contribution in [0.5, 0.6) is 5.75 Å². The lowest BCUT2D eigenvalue weighted by Crippen LogP contribution is -2.31. The second-order valence-corrected chi connectivity index (χ2v) is 6.11. The molecule has 3 rings (SSSR count). The molecule has 5 nitrogen and oxygen atoms in total. The van der Waals surface area contributed by atoms with Gasteiger partial charge in [-0.3, -0.25) is 4.79 Å². The summed E-state index contributed by atoms with van der Waals surface area (Å²) in [7, 11) is 0. The van der Waals surface area contributed by atoms with Gasteiger partial charge in [0, 0.05) is 6.54 Å². The lowest BCUT2D eigenvalue weighted by atomic mass is 10.1. The molecule has 138 valence electrons. The molecule has 0 bridgehead atoms. The molecule has 0 aliphatic rings. The number of carbonyl (C=O) groups excluding carboxylic acids is 1. The van der Waals surface area contributed by atoms with Crippen LogP contribution in [0.1, 0.15) is 23.2 Å². The van der Waals surface area contributed by atoms with E-state index in [0.717, 1.165) is 11.1 Å². The summed E-state index contributed by atoms with van der Waals surface area (Å²) in [6.45, 7) is 3.30. The van der Waals surface area contributed by atoms with Gasteiger partial charge in [0.1, 0.15) is 18.1 Å². The van der Waals surface area contributed by atoms with Gasteiger partial charge in [-0.15, -0.1) is 12.4 Å². The van der Waals surface area contributed by atoms with E-state index in [9.17, 15) is 4.79 Å². The highest BCUT2D eigenvalue weighted by atomic mass is 35.5. The van der Waals surface area contributed by atoms with E-state index in [2.05, 4.69) is 11.4 Å². The molecule has 1 aromatic heterocycles. The van der Waals surface area contributed by atoms with Gasteiger partial charge >= 0.3 is 0 Å². The Bertz CT molecular complexity index is 863. The van der Waals surface area contributed by atoms with Crippen molar-refractivity contribution in [1.82, 2.24) is 5.32 Å². The van der Waals surface area contributed by atoms with Crippen molar-refractivity contribution in [3.05, 3.63) is 66.1 Å². The van der Waals surface area contributed by atoms with Crippen molar-refractivity contribution in [2.75, 3.05) is 13.1 Å². The quantitative estimate of drug-likeness (QED) is 0.660. The van der Waals surface area contributed by atoms with Crippen LogP contribution >= 0.6 is 12.4 Å². The minimum Gasteiger partial charge on any atom is -0.486 e. The number of rotatable bonds is 7. The zero-order valence-electron chi connectivity index (χ0n) is 14.6. The molecular weight excluding hydrogens is 352 g/mol. The number of fused-ring (bicyclic) bond motifs is 1. The Kier molecular flexibility index (Phi) is 7.06. The molecule has 1 heterocycles. The van der Waals surface area contributed by atoms with Crippen molar-refractivity contribution >= 4 is 29.1 Å². The number of hydrogen-bond acceptors (Lipinski definition) is 4. The highest BCUT2D eigenvalue weighted by molar-refractivity contribution is 5.91. The largest absolute Gasteiger partial charge is 0.486 e. The zero-order valence-corrected chi connectivity index (χ0v) is 15.4.